The van der Waals surface area contributed by atoms with Crippen LogP contribution in [0.15, 0.2) is 23.1 Å². The highest BCUT2D eigenvalue weighted by molar-refractivity contribution is 7.89. The van der Waals surface area contributed by atoms with Gasteiger partial charge in [0.1, 0.15) is 0 Å². The molecule has 1 aliphatic rings. The topological polar surface area (TPSA) is 95.4 Å². The fourth-order valence-electron chi connectivity index (χ4n) is 2.14. The van der Waals surface area contributed by atoms with Gasteiger partial charge in [-0.3, -0.25) is 0 Å². The van der Waals surface area contributed by atoms with E-state index >= 15 is 0 Å². The van der Waals surface area contributed by atoms with E-state index in [9.17, 15) is 12.8 Å². The van der Waals surface area contributed by atoms with E-state index in [4.69, 9.17) is 15.6 Å². The second-order valence-electron chi connectivity index (χ2n) is 4.79. The molecule has 1 fully saturated rings. The SMILES string of the molecule is NC1CCC(Oc2ccc(S(N)(=O)=O)cc2F)CC1. The van der Waals surface area contributed by atoms with Crippen LogP contribution >= 0.6 is 0 Å². The molecule has 0 bridgehead atoms. The number of benzene rings is 1. The Bertz CT molecular complexity index is 554. The second-order valence-corrected chi connectivity index (χ2v) is 6.35. The van der Waals surface area contributed by atoms with Gasteiger partial charge in [0.05, 0.1) is 11.0 Å². The molecule has 1 saturated carbocycles. The molecule has 0 unspecified atom stereocenters. The van der Waals surface area contributed by atoms with Gasteiger partial charge < -0.3 is 10.5 Å². The number of primary sulfonamides is 1. The Balaban J connectivity index is 2.09. The van der Waals surface area contributed by atoms with Crippen molar-refractivity contribution in [2.75, 3.05) is 0 Å². The Morgan fingerprint density at radius 3 is 2.37 bits per heavy atom. The molecule has 19 heavy (non-hydrogen) atoms. The van der Waals surface area contributed by atoms with E-state index in [0.29, 0.717) is 0 Å². The van der Waals surface area contributed by atoms with Gasteiger partial charge >= 0.3 is 0 Å². The van der Waals surface area contributed by atoms with Gasteiger partial charge in [0.15, 0.2) is 11.6 Å². The first-order chi connectivity index (χ1) is 8.86. The van der Waals surface area contributed by atoms with Crippen LogP contribution in [0.3, 0.4) is 0 Å². The third kappa shape index (κ3) is 3.65. The standard InChI is InChI=1S/C12H17FN2O3S/c13-11-7-10(19(15,16)17)5-6-12(11)18-9-3-1-8(14)2-4-9/h5-9H,1-4,14H2,(H2,15,16,17). The van der Waals surface area contributed by atoms with Gasteiger partial charge in [-0.2, -0.15) is 0 Å². The first-order valence-corrected chi connectivity index (χ1v) is 7.65. The Morgan fingerprint density at radius 2 is 1.84 bits per heavy atom. The Kier molecular flexibility index (Phi) is 4.07. The molecule has 0 radical (unpaired) electrons. The first-order valence-electron chi connectivity index (χ1n) is 6.11. The maximum Gasteiger partial charge on any atom is 0.238 e. The number of hydrogen-bond acceptors (Lipinski definition) is 4. The first kappa shape index (κ1) is 14.2. The van der Waals surface area contributed by atoms with Crippen LogP contribution in [0.5, 0.6) is 5.75 Å². The number of nitrogens with two attached hydrogens (primary N) is 2. The van der Waals surface area contributed by atoms with Crippen LogP contribution in [0.4, 0.5) is 4.39 Å². The van der Waals surface area contributed by atoms with Crippen molar-refractivity contribution in [2.45, 2.75) is 42.7 Å². The van der Waals surface area contributed by atoms with Crippen molar-refractivity contribution in [2.24, 2.45) is 10.9 Å². The van der Waals surface area contributed by atoms with Crippen molar-refractivity contribution in [3.8, 4) is 5.75 Å². The lowest BCUT2D eigenvalue weighted by atomic mass is 9.94. The van der Waals surface area contributed by atoms with E-state index in [-0.39, 0.29) is 22.8 Å². The van der Waals surface area contributed by atoms with E-state index in [1.54, 1.807) is 0 Å². The molecule has 0 spiro atoms. The summed E-state index contributed by atoms with van der Waals surface area (Å²) in [5, 5.41) is 4.93. The van der Waals surface area contributed by atoms with Gasteiger partial charge in [0.25, 0.3) is 0 Å². The number of halogens is 1. The summed E-state index contributed by atoms with van der Waals surface area (Å²) in [6.45, 7) is 0. The monoisotopic (exact) mass is 288 g/mol. The number of rotatable bonds is 3. The molecule has 0 amide bonds. The van der Waals surface area contributed by atoms with E-state index < -0.39 is 15.8 Å². The highest BCUT2D eigenvalue weighted by Gasteiger charge is 2.21. The smallest absolute Gasteiger partial charge is 0.238 e. The zero-order valence-electron chi connectivity index (χ0n) is 10.4. The molecule has 7 heteroatoms. The summed E-state index contributed by atoms with van der Waals surface area (Å²) in [7, 11) is -3.89. The van der Waals surface area contributed by atoms with Crippen LogP contribution in [-0.2, 0) is 10.0 Å². The number of ether oxygens (including phenoxy) is 1. The molecule has 0 heterocycles. The average molecular weight is 288 g/mol. The Labute approximate surface area is 111 Å². The van der Waals surface area contributed by atoms with Crippen LogP contribution < -0.4 is 15.6 Å². The molecule has 0 saturated heterocycles. The summed E-state index contributed by atoms with van der Waals surface area (Å²) in [4.78, 5) is -0.261. The summed E-state index contributed by atoms with van der Waals surface area (Å²) < 4.78 is 41.4. The fourth-order valence-corrected chi connectivity index (χ4v) is 2.67. The van der Waals surface area contributed by atoms with Crippen molar-refractivity contribution in [1.29, 1.82) is 0 Å². The zero-order chi connectivity index (χ0) is 14.0. The number of sulfonamides is 1. The van der Waals surface area contributed by atoms with Crippen molar-refractivity contribution >= 4 is 10.0 Å². The summed E-state index contributed by atoms with van der Waals surface area (Å²) >= 11 is 0. The third-order valence-electron chi connectivity index (χ3n) is 3.24. The molecule has 2 rings (SSSR count). The minimum absolute atomic E-state index is 0.0490. The summed E-state index contributed by atoms with van der Waals surface area (Å²) in [6.07, 6.45) is 3.17. The minimum atomic E-state index is -3.89. The van der Waals surface area contributed by atoms with Crippen LogP contribution in [0.2, 0.25) is 0 Å². The third-order valence-corrected chi connectivity index (χ3v) is 4.16. The van der Waals surface area contributed by atoms with E-state index in [1.165, 1.54) is 12.1 Å². The number of hydrogen-bond donors (Lipinski definition) is 2. The maximum atomic E-state index is 13.7. The van der Waals surface area contributed by atoms with Crippen molar-refractivity contribution in [3.63, 3.8) is 0 Å². The molecule has 1 aromatic carbocycles. The lowest BCUT2D eigenvalue weighted by Crippen LogP contribution is -2.31. The van der Waals surface area contributed by atoms with Crippen LogP contribution in [0.25, 0.3) is 0 Å². The van der Waals surface area contributed by atoms with Crippen molar-refractivity contribution in [1.82, 2.24) is 0 Å². The lowest BCUT2D eigenvalue weighted by Gasteiger charge is -2.26. The second kappa shape index (κ2) is 5.44. The summed E-state index contributed by atoms with van der Waals surface area (Å²) in [5.74, 6) is -0.672. The van der Waals surface area contributed by atoms with E-state index in [0.717, 1.165) is 31.7 Å². The average Bonchev–Trinajstić information content (AvgIpc) is 2.33. The maximum absolute atomic E-state index is 13.7. The van der Waals surface area contributed by atoms with E-state index in [2.05, 4.69) is 0 Å². The summed E-state index contributed by atoms with van der Waals surface area (Å²) in [5.41, 5.74) is 5.78. The predicted molar refractivity (Wildman–Crippen MR) is 68.6 cm³/mol. The van der Waals surface area contributed by atoms with Crippen LogP contribution in [-0.4, -0.2) is 20.6 Å². The molecule has 1 aromatic rings. The molecule has 0 aromatic heterocycles. The van der Waals surface area contributed by atoms with Gasteiger partial charge in [-0.15, -0.1) is 0 Å². The van der Waals surface area contributed by atoms with Gasteiger partial charge in [0.2, 0.25) is 10.0 Å². The molecule has 4 N–H and O–H groups in total. The molecule has 5 nitrogen and oxygen atoms in total. The van der Waals surface area contributed by atoms with Gasteiger partial charge in [0, 0.05) is 6.04 Å². The largest absolute Gasteiger partial charge is 0.487 e. The predicted octanol–water partition coefficient (Wildman–Crippen LogP) is 1.12. The highest BCUT2D eigenvalue weighted by atomic mass is 32.2. The Morgan fingerprint density at radius 1 is 1.21 bits per heavy atom. The molecule has 0 atom stereocenters. The van der Waals surface area contributed by atoms with Crippen molar-refractivity contribution < 1.29 is 17.5 Å². The molecular formula is C12H17FN2O3S. The normalized spacial score (nSPS) is 24.2. The van der Waals surface area contributed by atoms with Crippen LogP contribution in [0.1, 0.15) is 25.7 Å². The fraction of sp³-hybridized carbons (Fsp3) is 0.500. The quantitative estimate of drug-likeness (QED) is 0.871. The van der Waals surface area contributed by atoms with Gasteiger partial charge in [-0.05, 0) is 43.9 Å². The van der Waals surface area contributed by atoms with Gasteiger partial charge in [-0.1, -0.05) is 0 Å². The van der Waals surface area contributed by atoms with Crippen LogP contribution in [0, 0.1) is 5.82 Å². The minimum Gasteiger partial charge on any atom is -0.487 e. The van der Waals surface area contributed by atoms with Gasteiger partial charge in [-0.25, -0.2) is 17.9 Å². The molecular weight excluding hydrogens is 271 g/mol. The lowest BCUT2D eigenvalue weighted by molar-refractivity contribution is 0.141. The highest BCUT2D eigenvalue weighted by Crippen LogP contribution is 2.26. The summed E-state index contributed by atoms with van der Waals surface area (Å²) in [6, 6.07) is 3.60. The van der Waals surface area contributed by atoms with Crippen molar-refractivity contribution in [3.05, 3.63) is 24.0 Å². The Hall–Kier alpha value is -1.18. The molecule has 1 aliphatic carbocycles. The van der Waals surface area contributed by atoms with E-state index in [1.807, 2.05) is 0 Å². The molecule has 0 aliphatic heterocycles. The molecule has 106 valence electrons. The zero-order valence-corrected chi connectivity index (χ0v) is 11.2.